The molecule has 0 radical (unpaired) electrons. The summed E-state index contributed by atoms with van der Waals surface area (Å²) in [6.07, 6.45) is 0.549. The van der Waals surface area contributed by atoms with E-state index in [1.54, 1.807) is 0 Å². The molecule has 0 saturated carbocycles. The lowest BCUT2D eigenvalue weighted by molar-refractivity contribution is -0.144. The van der Waals surface area contributed by atoms with Gasteiger partial charge in [-0.05, 0) is 0 Å². The van der Waals surface area contributed by atoms with E-state index in [1.165, 1.54) is 12.0 Å². The van der Waals surface area contributed by atoms with Crippen molar-refractivity contribution in [2.24, 2.45) is 0 Å². The molecule has 1 amide bonds. The van der Waals surface area contributed by atoms with Crippen LogP contribution in [0.3, 0.4) is 0 Å². The first-order chi connectivity index (χ1) is 7.04. The highest BCUT2D eigenvalue weighted by Crippen LogP contribution is 2.13. The Balaban J connectivity index is 2.47. The van der Waals surface area contributed by atoms with Crippen molar-refractivity contribution in [3.05, 3.63) is 0 Å². The van der Waals surface area contributed by atoms with Crippen molar-refractivity contribution in [3.8, 4) is 0 Å². The molecule has 82 valence electrons. The minimum Gasteiger partial charge on any atom is -0.469 e. The number of esters is 1. The molecule has 0 bridgehead atoms. The Hall–Kier alpha value is -1.30. The normalized spacial score (nSPS) is 15.7. The van der Waals surface area contributed by atoms with Gasteiger partial charge in [-0.25, -0.2) is 0 Å². The van der Waals surface area contributed by atoms with E-state index < -0.39 is 5.97 Å². The average Bonchev–Trinajstić information content (AvgIpc) is 2.49. The summed E-state index contributed by atoms with van der Waals surface area (Å²) < 4.78 is 4.34. The van der Waals surface area contributed by atoms with Gasteiger partial charge in [0.1, 0.15) is 6.42 Å². The molecular weight excluding hydrogens is 218 g/mol. The predicted molar refractivity (Wildman–Crippen MR) is 55.2 cm³/mol. The lowest BCUT2D eigenvalue weighted by Crippen LogP contribution is -2.34. The maximum atomic E-state index is 11.3. The number of thiocarbonyl (C=S) groups is 1. The number of ether oxygens (including phenoxy) is 1. The summed E-state index contributed by atoms with van der Waals surface area (Å²) in [6.45, 7) is -0.118. The van der Waals surface area contributed by atoms with E-state index in [0.717, 1.165) is 0 Å². The highest BCUT2D eigenvalue weighted by molar-refractivity contribution is 7.80. The molecule has 0 aromatic heterocycles. The molecule has 1 rings (SSSR count). The van der Waals surface area contributed by atoms with Crippen molar-refractivity contribution in [3.63, 3.8) is 0 Å². The van der Waals surface area contributed by atoms with E-state index >= 15 is 0 Å². The van der Waals surface area contributed by atoms with Gasteiger partial charge in [0, 0.05) is 12.8 Å². The zero-order chi connectivity index (χ0) is 11.4. The van der Waals surface area contributed by atoms with Crippen molar-refractivity contribution < 1.29 is 19.1 Å². The number of nitrogens with zero attached hydrogens (tertiary/aromatic N) is 1. The predicted octanol–water partition coefficient (Wildman–Crippen LogP) is 0.0684. The third kappa shape index (κ3) is 3.09. The summed E-state index contributed by atoms with van der Waals surface area (Å²) in [4.78, 5) is 35.1. The molecule has 1 saturated heterocycles. The molecule has 1 aliphatic heterocycles. The van der Waals surface area contributed by atoms with Gasteiger partial charge in [0.2, 0.25) is 5.91 Å². The number of carbonyl (C=O) groups excluding carboxylic acids is 3. The Morgan fingerprint density at radius 2 is 2.13 bits per heavy atom. The van der Waals surface area contributed by atoms with Gasteiger partial charge < -0.3 is 4.74 Å². The highest BCUT2D eigenvalue weighted by atomic mass is 32.1. The fourth-order valence-corrected chi connectivity index (χ4v) is 1.53. The minimum absolute atomic E-state index is 0.118. The number of rotatable bonds is 4. The summed E-state index contributed by atoms with van der Waals surface area (Å²) in [7, 11) is 1.21. The molecule has 6 heteroatoms. The van der Waals surface area contributed by atoms with Crippen LogP contribution in [-0.4, -0.2) is 41.2 Å². The first-order valence-corrected chi connectivity index (χ1v) is 4.87. The number of likely N-dealkylation sites (tertiary alicyclic amines) is 1. The van der Waals surface area contributed by atoms with Crippen molar-refractivity contribution in [2.75, 3.05) is 13.7 Å². The molecule has 0 aromatic rings. The van der Waals surface area contributed by atoms with Crippen molar-refractivity contribution in [1.82, 2.24) is 4.90 Å². The van der Waals surface area contributed by atoms with Crippen LogP contribution in [0, 0.1) is 0 Å². The molecule has 0 unspecified atom stereocenters. The third-order valence-corrected chi connectivity index (χ3v) is 2.48. The number of carbonyl (C=O) groups is 3. The van der Waals surface area contributed by atoms with Crippen LogP contribution in [0.2, 0.25) is 0 Å². The van der Waals surface area contributed by atoms with Gasteiger partial charge in [0.25, 0.3) is 0 Å². The smallest absolute Gasteiger partial charge is 0.313 e. The van der Waals surface area contributed by atoms with Gasteiger partial charge in [0.15, 0.2) is 5.78 Å². The van der Waals surface area contributed by atoms with Crippen LogP contribution in [0.4, 0.5) is 0 Å². The Labute approximate surface area is 92.4 Å². The molecule has 5 nitrogen and oxygen atoms in total. The van der Waals surface area contributed by atoms with Crippen molar-refractivity contribution in [1.29, 1.82) is 0 Å². The summed E-state index contributed by atoms with van der Waals surface area (Å²) in [5, 5.41) is 0. The number of hydrogen-bond donors (Lipinski definition) is 0. The van der Waals surface area contributed by atoms with E-state index in [2.05, 4.69) is 4.74 Å². The zero-order valence-electron chi connectivity index (χ0n) is 8.32. The Bertz CT molecular complexity index is 310. The third-order valence-electron chi connectivity index (χ3n) is 2.06. The Kier molecular flexibility index (Phi) is 3.90. The number of hydrogen-bond acceptors (Lipinski definition) is 5. The summed E-state index contributed by atoms with van der Waals surface area (Å²) >= 11 is 4.91. The molecule has 1 fully saturated rings. The van der Waals surface area contributed by atoms with Crippen LogP contribution in [-0.2, 0) is 19.1 Å². The molecule has 0 atom stereocenters. The summed E-state index contributed by atoms with van der Waals surface area (Å²) in [5.74, 6) is -1.12. The number of Topliss-reactive ketones (excluding diaryl/α,β-unsaturated/α-hetero) is 1. The summed E-state index contributed by atoms with van der Waals surface area (Å²) in [5.41, 5.74) is 0. The Morgan fingerprint density at radius 3 is 2.60 bits per heavy atom. The highest BCUT2D eigenvalue weighted by Gasteiger charge is 2.27. The second kappa shape index (κ2) is 4.97. The van der Waals surface area contributed by atoms with Gasteiger partial charge >= 0.3 is 5.97 Å². The number of methoxy groups -OCH3 is 1. The molecule has 1 heterocycles. The van der Waals surface area contributed by atoms with Crippen LogP contribution in [0.25, 0.3) is 0 Å². The van der Waals surface area contributed by atoms with Gasteiger partial charge in [-0.3, -0.25) is 19.3 Å². The second-order valence-corrected chi connectivity index (χ2v) is 3.64. The van der Waals surface area contributed by atoms with Gasteiger partial charge in [0.05, 0.1) is 18.6 Å². The lowest BCUT2D eigenvalue weighted by atomic mass is 10.2. The second-order valence-electron chi connectivity index (χ2n) is 3.17. The van der Waals surface area contributed by atoms with E-state index in [4.69, 9.17) is 12.2 Å². The van der Waals surface area contributed by atoms with Crippen LogP contribution < -0.4 is 0 Å². The topological polar surface area (TPSA) is 63.7 Å². The standard InChI is InChI=1S/C9H11NO4S/c1-14-9(13)4-6(11)5-10-7(12)2-3-8(10)15/h2-5H2,1H3. The van der Waals surface area contributed by atoms with Gasteiger partial charge in [-0.2, -0.15) is 0 Å². The maximum Gasteiger partial charge on any atom is 0.313 e. The van der Waals surface area contributed by atoms with E-state index in [9.17, 15) is 14.4 Å². The average molecular weight is 229 g/mol. The van der Waals surface area contributed by atoms with Crippen molar-refractivity contribution >= 4 is 34.9 Å². The fraction of sp³-hybridized carbons (Fsp3) is 0.556. The van der Waals surface area contributed by atoms with Crippen LogP contribution in [0.1, 0.15) is 19.3 Å². The van der Waals surface area contributed by atoms with Crippen LogP contribution >= 0.6 is 12.2 Å². The number of amides is 1. The molecule has 0 spiro atoms. The molecule has 0 aliphatic carbocycles. The van der Waals surface area contributed by atoms with E-state index in [-0.39, 0.29) is 24.7 Å². The van der Waals surface area contributed by atoms with Crippen LogP contribution in [0.5, 0.6) is 0 Å². The van der Waals surface area contributed by atoms with E-state index in [0.29, 0.717) is 17.8 Å². The Morgan fingerprint density at radius 1 is 1.47 bits per heavy atom. The first-order valence-electron chi connectivity index (χ1n) is 4.46. The number of ketones is 1. The molecule has 1 aliphatic rings. The largest absolute Gasteiger partial charge is 0.469 e. The monoisotopic (exact) mass is 229 g/mol. The lowest BCUT2D eigenvalue weighted by Gasteiger charge is -2.13. The SMILES string of the molecule is COC(=O)CC(=O)CN1C(=O)CCC1=S. The first kappa shape index (κ1) is 11.8. The van der Waals surface area contributed by atoms with Gasteiger partial charge in [-0.1, -0.05) is 12.2 Å². The molecule has 0 aromatic carbocycles. The fourth-order valence-electron chi connectivity index (χ4n) is 1.26. The quantitative estimate of drug-likeness (QED) is 0.388. The zero-order valence-corrected chi connectivity index (χ0v) is 9.13. The van der Waals surface area contributed by atoms with Gasteiger partial charge in [-0.15, -0.1) is 0 Å². The molecular formula is C9H11NO4S. The molecule has 0 N–H and O–H groups in total. The maximum absolute atomic E-state index is 11.3. The van der Waals surface area contributed by atoms with E-state index in [1.807, 2.05) is 0 Å². The van der Waals surface area contributed by atoms with Crippen LogP contribution in [0.15, 0.2) is 0 Å². The molecule has 15 heavy (non-hydrogen) atoms. The van der Waals surface area contributed by atoms with Crippen molar-refractivity contribution in [2.45, 2.75) is 19.3 Å². The summed E-state index contributed by atoms with van der Waals surface area (Å²) in [6, 6.07) is 0. The minimum atomic E-state index is -0.599.